The van der Waals surface area contributed by atoms with Crippen LogP contribution in [-0.4, -0.2) is 30.1 Å². The molecule has 112 valence electrons. The van der Waals surface area contributed by atoms with Crippen LogP contribution in [0.3, 0.4) is 0 Å². The molecule has 0 aliphatic carbocycles. The van der Waals surface area contributed by atoms with Crippen LogP contribution in [0, 0.1) is 0 Å². The first-order valence-electron chi connectivity index (χ1n) is 8.26. The van der Waals surface area contributed by atoms with Gasteiger partial charge < -0.3 is 5.32 Å². The molecule has 1 N–H and O–H groups in total. The SMILES string of the molecule is CCC(c1ccccc1)N(CC1CCCCN1)C(C)C. The Morgan fingerprint density at radius 2 is 1.95 bits per heavy atom. The minimum atomic E-state index is 0.542. The highest BCUT2D eigenvalue weighted by atomic mass is 15.2. The Balaban J connectivity index is 2.09. The van der Waals surface area contributed by atoms with Crippen LogP contribution in [0.5, 0.6) is 0 Å². The Kier molecular flexibility index (Phi) is 6.06. The summed E-state index contributed by atoms with van der Waals surface area (Å²) in [6.45, 7) is 9.33. The molecule has 1 aromatic carbocycles. The lowest BCUT2D eigenvalue weighted by molar-refractivity contribution is 0.125. The third kappa shape index (κ3) is 4.07. The van der Waals surface area contributed by atoms with E-state index in [2.05, 4.69) is 61.3 Å². The molecule has 1 aliphatic rings. The molecule has 1 aliphatic heterocycles. The van der Waals surface area contributed by atoms with Crippen molar-refractivity contribution in [3.63, 3.8) is 0 Å². The maximum absolute atomic E-state index is 3.69. The summed E-state index contributed by atoms with van der Waals surface area (Å²) in [5.74, 6) is 0. The van der Waals surface area contributed by atoms with Crippen molar-refractivity contribution in [2.24, 2.45) is 0 Å². The lowest BCUT2D eigenvalue weighted by atomic mass is 9.98. The van der Waals surface area contributed by atoms with E-state index in [1.807, 2.05) is 0 Å². The predicted molar refractivity (Wildman–Crippen MR) is 87.0 cm³/mol. The predicted octanol–water partition coefficient (Wildman–Crippen LogP) is 3.99. The summed E-state index contributed by atoms with van der Waals surface area (Å²) in [7, 11) is 0. The highest BCUT2D eigenvalue weighted by Crippen LogP contribution is 2.27. The van der Waals surface area contributed by atoms with Crippen molar-refractivity contribution < 1.29 is 0 Å². The van der Waals surface area contributed by atoms with E-state index in [-0.39, 0.29) is 0 Å². The minimum absolute atomic E-state index is 0.542. The van der Waals surface area contributed by atoms with Crippen LogP contribution in [0.15, 0.2) is 30.3 Å². The average molecular weight is 274 g/mol. The summed E-state index contributed by atoms with van der Waals surface area (Å²) in [5, 5.41) is 3.69. The normalized spacial score (nSPS) is 21.4. The topological polar surface area (TPSA) is 15.3 Å². The zero-order valence-corrected chi connectivity index (χ0v) is 13.3. The number of piperidine rings is 1. The van der Waals surface area contributed by atoms with Crippen LogP contribution in [0.1, 0.15) is 58.1 Å². The molecular weight excluding hydrogens is 244 g/mol. The van der Waals surface area contributed by atoms with Gasteiger partial charge in [0.25, 0.3) is 0 Å². The van der Waals surface area contributed by atoms with Gasteiger partial charge in [-0.3, -0.25) is 4.90 Å². The molecule has 2 atom stereocenters. The van der Waals surface area contributed by atoms with E-state index in [9.17, 15) is 0 Å². The second kappa shape index (κ2) is 7.80. The quantitative estimate of drug-likeness (QED) is 0.844. The maximum Gasteiger partial charge on any atom is 0.0348 e. The van der Waals surface area contributed by atoms with Gasteiger partial charge in [-0.05, 0) is 45.2 Å². The van der Waals surface area contributed by atoms with Crippen molar-refractivity contribution in [1.29, 1.82) is 0 Å². The molecule has 0 radical (unpaired) electrons. The molecule has 1 saturated heterocycles. The first-order valence-corrected chi connectivity index (χ1v) is 8.26. The van der Waals surface area contributed by atoms with Gasteiger partial charge >= 0.3 is 0 Å². The van der Waals surface area contributed by atoms with Crippen molar-refractivity contribution in [2.75, 3.05) is 13.1 Å². The molecule has 0 amide bonds. The van der Waals surface area contributed by atoms with Crippen LogP contribution >= 0.6 is 0 Å². The third-order valence-electron chi connectivity index (χ3n) is 4.48. The van der Waals surface area contributed by atoms with E-state index < -0.39 is 0 Å². The fourth-order valence-corrected chi connectivity index (χ4v) is 3.37. The van der Waals surface area contributed by atoms with Crippen LogP contribution in [0.4, 0.5) is 0 Å². The van der Waals surface area contributed by atoms with Gasteiger partial charge in [0.05, 0.1) is 0 Å². The molecule has 2 rings (SSSR count). The van der Waals surface area contributed by atoms with Gasteiger partial charge in [-0.15, -0.1) is 0 Å². The van der Waals surface area contributed by atoms with E-state index in [0.29, 0.717) is 18.1 Å². The van der Waals surface area contributed by atoms with E-state index in [4.69, 9.17) is 0 Å². The maximum atomic E-state index is 3.69. The summed E-state index contributed by atoms with van der Waals surface area (Å²) in [6.07, 6.45) is 5.23. The van der Waals surface area contributed by atoms with Gasteiger partial charge in [0, 0.05) is 24.7 Å². The highest BCUT2D eigenvalue weighted by Gasteiger charge is 2.25. The van der Waals surface area contributed by atoms with E-state index in [0.717, 1.165) is 0 Å². The highest BCUT2D eigenvalue weighted by molar-refractivity contribution is 5.19. The summed E-state index contributed by atoms with van der Waals surface area (Å²) in [6, 6.07) is 12.8. The third-order valence-corrected chi connectivity index (χ3v) is 4.48. The number of benzene rings is 1. The van der Waals surface area contributed by atoms with Crippen molar-refractivity contribution in [3.05, 3.63) is 35.9 Å². The van der Waals surface area contributed by atoms with Gasteiger partial charge in [-0.2, -0.15) is 0 Å². The number of nitrogens with zero attached hydrogens (tertiary/aromatic N) is 1. The smallest absolute Gasteiger partial charge is 0.0348 e. The zero-order valence-electron chi connectivity index (χ0n) is 13.3. The van der Waals surface area contributed by atoms with Gasteiger partial charge in [-0.25, -0.2) is 0 Å². The molecule has 2 unspecified atom stereocenters. The summed E-state index contributed by atoms with van der Waals surface area (Å²) in [5.41, 5.74) is 1.46. The molecule has 1 aromatic rings. The average Bonchev–Trinajstić information content (AvgIpc) is 2.49. The molecule has 0 spiro atoms. The lowest BCUT2D eigenvalue weighted by Gasteiger charge is -2.38. The monoisotopic (exact) mass is 274 g/mol. The van der Waals surface area contributed by atoms with E-state index >= 15 is 0 Å². The summed E-state index contributed by atoms with van der Waals surface area (Å²) >= 11 is 0. The van der Waals surface area contributed by atoms with Gasteiger partial charge in [-0.1, -0.05) is 43.7 Å². The number of hydrogen-bond donors (Lipinski definition) is 1. The van der Waals surface area contributed by atoms with Crippen LogP contribution in [0.25, 0.3) is 0 Å². The number of nitrogens with one attached hydrogen (secondary N) is 1. The lowest BCUT2D eigenvalue weighted by Crippen LogP contribution is -2.47. The summed E-state index contributed by atoms with van der Waals surface area (Å²) < 4.78 is 0. The Labute approximate surface area is 124 Å². The van der Waals surface area contributed by atoms with E-state index in [1.165, 1.54) is 44.3 Å². The first kappa shape index (κ1) is 15.5. The van der Waals surface area contributed by atoms with Crippen molar-refractivity contribution in [3.8, 4) is 0 Å². The molecule has 2 heteroatoms. The second-order valence-electron chi connectivity index (χ2n) is 6.27. The van der Waals surface area contributed by atoms with E-state index in [1.54, 1.807) is 0 Å². The molecule has 0 bridgehead atoms. The molecule has 0 aromatic heterocycles. The Bertz CT molecular complexity index is 368. The fraction of sp³-hybridized carbons (Fsp3) is 0.667. The van der Waals surface area contributed by atoms with Gasteiger partial charge in [0.2, 0.25) is 0 Å². The van der Waals surface area contributed by atoms with Crippen LogP contribution in [-0.2, 0) is 0 Å². The van der Waals surface area contributed by atoms with Crippen LogP contribution < -0.4 is 5.32 Å². The second-order valence-corrected chi connectivity index (χ2v) is 6.27. The molecule has 2 nitrogen and oxygen atoms in total. The standard InChI is InChI=1S/C18H30N2/c1-4-18(16-10-6-5-7-11-16)20(15(2)3)14-17-12-8-9-13-19-17/h5-7,10-11,15,17-19H,4,8-9,12-14H2,1-3H3. The van der Waals surface area contributed by atoms with Crippen molar-refractivity contribution in [2.45, 2.75) is 64.6 Å². The molecule has 20 heavy (non-hydrogen) atoms. The minimum Gasteiger partial charge on any atom is -0.313 e. The first-order chi connectivity index (χ1) is 9.72. The zero-order chi connectivity index (χ0) is 14.4. The molecule has 1 heterocycles. The fourth-order valence-electron chi connectivity index (χ4n) is 3.37. The Hall–Kier alpha value is -0.860. The molecule has 1 fully saturated rings. The summed E-state index contributed by atoms with van der Waals surface area (Å²) in [4.78, 5) is 2.68. The van der Waals surface area contributed by atoms with Crippen LogP contribution in [0.2, 0.25) is 0 Å². The Morgan fingerprint density at radius 1 is 1.20 bits per heavy atom. The van der Waals surface area contributed by atoms with Crippen molar-refractivity contribution in [1.82, 2.24) is 10.2 Å². The van der Waals surface area contributed by atoms with Gasteiger partial charge in [0.15, 0.2) is 0 Å². The molecular formula is C18H30N2. The number of rotatable bonds is 6. The number of hydrogen-bond acceptors (Lipinski definition) is 2. The van der Waals surface area contributed by atoms with Gasteiger partial charge in [0.1, 0.15) is 0 Å². The largest absolute Gasteiger partial charge is 0.313 e. The Morgan fingerprint density at radius 3 is 2.50 bits per heavy atom. The molecule has 0 saturated carbocycles. The van der Waals surface area contributed by atoms with Crippen molar-refractivity contribution >= 4 is 0 Å².